The van der Waals surface area contributed by atoms with Crippen molar-refractivity contribution in [3.05, 3.63) is 46.7 Å². The summed E-state index contributed by atoms with van der Waals surface area (Å²) in [6.07, 6.45) is 5.48. The van der Waals surface area contributed by atoms with E-state index in [0.29, 0.717) is 18.1 Å². The number of aromatic nitrogens is 4. The van der Waals surface area contributed by atoms with Gasteiger partial charge >= 0.3 is 0 Å². The summed E-state index contributed by atoms with van der Waals surface area (Å²) in [5.41, 5.74) is 3.34. The van der Waals surface area contributed by atoms with Crippen LogP contribution in [0.2, 0.25) is 0 Å². The zero-order valence-corrected chi connectivity index (χ0v) is 17.7. The van der Waals surface area contributed by atoms with Crippen molar-refractivity contribution in [2.45, 2.75) is 45.6 Å². The van der Waals surface area contributed by atoms with Gasteiger partial charge in [0.2, 0.25) is 0 Å². The van der Waals surface area contributed by atoms with Gasteiger partial charge in [0.25, 0.3) is 11.9 Å². The van der Waals surface area contributed by atoms with Crippen molar-refractivity contribution in [2.24, 2.45) is 0 Å². The maximum atomic E-state index is 13.2. The maximum Gasteiger partial charge on any atom is 0.257 e. The Balaban J connectivity index is 1.77. The number of aliphatic hydroxyl groups excluding tert-OH is 1. The van der Waals surface area contributed by atoms with Gasteiger partial charge in [0.1, 0.15) is 0 Å². The molecular formula is C21H25N5O2S. The summed E-state index contributed by atoms with van der Waals surface area (Å²) < 4.78 is 1.72. The topological polar surface area (TPSA) is 84.1 Å². The number of carbonyl (C=O) groups is 1. The van der Waals surface area contributed by atoms with Crippen LogP contribution in [0.4, 0.5) is 0 Å². The minimum Gasteiger partial charge on any atom is -0.395 e. The Hall–Kier alpha value is -2.58. The van der Waals surface area contributed by atoms with E-state index in [-0.39, 0.29) is 24.5 Å². The first kappa shape index (κ1) is 19.7. The third-order valence-corrected chi connectivity index (χ3v) is 6.01. The highest BCUT2D eigenvalue weighted by molar-refractivity contribution is 7.13. The standard InChI is InChI=1S/C21H25N5O2S/c1-13(2)25(8-9-27)20(28)16-12-23-26(19(16)15-6-7-15)21-22-11-14(3)18(24-21)17-5-4-10-29-17/h4-5,10-13,15,27H,6-9H2,1-3H3. The third-order valence-electron chi connectivity index (χ3n) is 5.13. The van der Waals surface area contributed by atoms with Gasteiger partial charge in [0.15, 0.2) is 0 Å². The second-order valence-electron chi connectivity index (χ2n) is 7.62. The van der Waals surface area contributed by atoms with Crippen molar-refractivity contribution in [1.82, 2.24) is 24.6 Å². The predicted molar refractivity (Wildman–Crippen MR) is 112 cm³/mol. The van der Waals surface area contributed by atoms with E-state index in [1.54, 1.807) is 27.1 Å². The van der Waals surface area contributed by atoms with Gasteiger partial charge in [0, 0.05) is 24.7 Å². The lowest BCUT2D eigenvalue weighted by Gasteiger charge is -2.26. The average molecular weight is 412 g/mol. The molecule has 1 aliphatic rings. The van der Waals surface area contributed by atoms with Gasteiger partial charge in [-0.2, -0.15) is 5.10 Å². The van der Waals surface area contributed by atoms with E-state index in [0.717, 1.165) is 34.7 Å². The molecule has 1 amide bonds. The predicted octanol–water partition coefficient (Wildman–Crippen LogP) is 3.42. The molecule has 4 rings (SSSR count). The maximum absolute atomic E-state index is 13.2. The second kappa shape index (κ2) is 8.04. The van der Waals surface area contributed by atoms with Crippen LogP contribution in [-0.4, -0.2) is 54.9 Å². The van der Waals surface area contributed by atoms with E-state index < -0.39 is 0 Å². The number of thiophene rings is 1. The molecule has 8 heteroatoms. The highest BCUT2D eigenvalue weighted by Crippen LogP contribution is 2.42. The largest absolute Gasteiger partial charge is 0.395 e. The lowest BCUT2D eigenvalue weighted by Crippen LogP contribution is -2.39. The molecule has 29 heavy (non-hydrogen) atoms. The number of carbonyl (C=O) groups excluding carboxylic acids is 1. The van der Waals surface area contributed by atoms with Crippen LogP contribution in [0, 0.1) is 6.92 Å². The molecule has 0 spiro atoms. The lowest BCUT2D eigenvalue weighted by molar-refractivity contribution is 0.0664. The molecule has 1 fully saturated rings. The summed E-state index contributed by atoms with van der Waals surface area (Å²) >= 11 is 1.64. The van der Waals surface area contributed by atoms with Crippen LogP contribution in [0.1, 0.15) is 54.2 Å². The fourth-order valence-corrected chi connectivity index (χ4v) is 4.27. The van der Waals surface area contributed by atoms with Gasteiger partial charge in [-0.3, -0.25) is 4.79 Å². The first-order valence-electron chi connectivity index (χ1n) is 9.89. The Labute approximate surface area is 174 Å². The quantitative estimate of drug-likeness (QED) is 0.644. The Kier molecular flexibility index (Phi) is 5.47. The van der Waals surface area contributed by atoms with Crippen molar-refractivity contribution in [3.63, 3.8) is 0 Å². The number of amides is 1. The summed E-state index contributed by atoms with van der Waals surface area (Å²) in [5, 5.41) is 15.9. The number of hydrogen-bond donors (Lipinski definition) is 1. The van der Waals surface area contributed by atoms with Crippen molar-refractivity contribution in [1.29, 1.82) is 0 Å². The molecule has 7 nitrogen and oxygen atoms in total. The van der Waals surface area contributed by atoms with E-state index in [1.807, 2.05) is 44.5 Å². The number of rotatable bonds is 7. The van der Waals surface area contributed by atoms with Crippen molar-refractivity contribution in [2.75, 3.05) is 13.2 Å². The highest BCUT2D eigenvalue weighted by atomic mass is 32.1. The van der Waals surface area contributed by atoms with Crippen LogP contribution in [0.15, 0.2) is 29.9 Å². The second-order valence-corrected chi connectivity index (χ2v) is 8.57. The molecule has 1 saturated carbocycles. The zero-order valence-electron chi connectivity index (χ0n) is 16.9. The molecule has 0 aromatic carbocycles. The van der Waals surface area contributed by atoms with E-state index in [4.69, 9.17) is 4.98 Å². The minimum atomic E-state index is -0.104. The van der Waals surface area contributed by atoms with E-state index >= 15 is 0 Å². The molecule has 0 bridgehead atoms. The van der Waals surface area contributed by atoms with E-state index in [1.165, 1.54) is 0 Å². The van der Waals surface area contributed by atoms with Gasteiger partial charge in [-0.05, 0) is 50.6 Å². The van der Waals surface area contributed by atoms with E-state index in [9.17, 15) is 9.90 Å². The minimum absolute atomic E-state index is 0.00823. The van der Waals surface area contributed by atoms with Gasteiger partial charge in [0.05, 0.1) is 34.6 Å². The van der Waals surface area contributed by atoms with Gasteiger partial charge in [-0.1, -0.05) is 6.07 Å². The van der Waals surface area contributed by atoms with E-state index in [2.05, 4.69) is 10.1 Å². The SMILES string of the molecule is Cc1cnc(-n2ncc(C(=O)N(CCO)C(C)C)c2C2CC2)nc1-c1cccs1. The molecule has 0 unspecified atom stereocenters. The molecule has 1 N–H and O–H groups in total. The smallest absolute Gasteiger partial charge is 0.257 e. The summed E-state index contributed by atoms with van der Waals surface area (Å²) in [6, 6.07) is 4.04. The molecule has 1 aliphatic carbocycles. The molecular weight excluding hydrogens is 386 g/mol. The molecule has 0 aliphatic heterocycles. The molecule has 0 saturated heterocycles. The third kappa shape index (κ3) is 3.82. The molecule has 0 radical (unpaired) electrons. The van der Waals surface area contributed by atoms with Crippen LogP contribution >= 0.6 is 11.3 Å². The van der Waals surface area contributed by atoms with Crippen molar-refractivity contribution < 1.29 is 9.90 Å². The van der Waals surface area contributed by atoms with Gasteiger partial charge in [-0.15, -0.1) is 11.3 Å². The first-order chi connectivity index (χ1) is 14.0. The fraction of sp³-hybridized carbons (Fsp3) is 0.429. The number of hydrogen-bond acceptors (Lipinski definition) is 6. The van der Waals surface area contributed by atoms with Crippen LogP contribution < -0.4 is 0 Å². The van der Waals surface area contributed by atoms with Crippen molar-refractivity contribution in [3.8, 4) is 16.5 Å². The number of aliphatic hydroxyl groups is 1. The Morgan fingerprint density at radius 1 is 1.38 bits per heavy atom. The number of nitrogens with zero attached hydrogens (tertiary/aromatic N) is 5. The zero-order chi connectivity index (χ0) is 20.5. The Morgan fingerprint density at radius 2 is 2.17 bits per heavy atom. The molecule has 3 aromatic heterocycles. The first-order valence-corrected chi connectivity index (χ1v) is 10.8. The molecule has 152 valence electrons. The molecule has 0 atom stereocenters. The van der Waals surface area contributed by atoms with Crippen LogP contribution in [0.25, 0.3) is 16.5 Å². The molecule has 3 heterocycles. The monoisotopic (exact) mass is 411 g/mol. The van der Waals surface area contributed by atoms with Crippen LogP contribution in [-0.2, 0) is 0 Å². The summed E-state index contributed by atoms with van der Waals surface area (Å²) in [5.74, 6) is 0.667. The van der Waals surface area contributed by atoms with Gasteiger partial charge < -0.3 is 10.0 Å². The van der Waals surface area contributed by atoms with Gasteiger partial charge in [-0.25, -0.2) is 14.6 Å². The molecule has 3 aromatic rings. The average Bonchev–Trinajstić information content (AvgIpc) is 3.22. The Morgan fingerprint density at radius 3 is 2.79 bits per heavy atom. The summed E-state index contributed by atoms with van der Waals surface area (Å²) in [4.78, 5) is 25.3. The normalized spacial score (nSPS) is 13.8. The summed E-state index contributed by atoms with van der Waals surface area (Å²) in [6.45, 7) is 6.13. The fourth-order valence-electron chi connectivity index (χ4n) is 3.49. The Bertz CT molecular complexity index is 1010. The van der Waals surface area contributed by atoms with Crippen LogP contribution in [0.5, 0.6) is 0 Å². The van der Waals surface area contributed by atoms with Crippen LogP contribution in [0.3, 0.4) is 0 Å². The highest BCUT2D eigenvalue weighted by Gasteiger charge is 2.35. The lowest BCUT2D eigenvalue weighted by atomic mass is 10.1. The number of aryl methyl sites for hydroxylation is 1. The summed E-state index contributed by atoms with van der Waals surface area (Å²) in [7, 11) is 0. The van der Waals surface area contributed by atoms with Crippen molar-refractivity contribution >= 4 is 17.2 Å².